The lowest BCUT2D eigenvalue weighted by Crippen LogP contribution is -2.34. The van der Waals surface area contributed by atoms with Crippen molar-refractivity contribution in [3.05, 3.63) is 118 Å². The van der Waals surface area contributed by atoms with Gasteiger partial charge in [0.25, 0.3) is 5.79 Å². The van der Waals surface area contributed by atoms with E-state index in [4.69, 9.17) is 30.8 Å². The minimum atomic E-state index is -1.27. The number of piperidine rings is 1. The number of rotatable bonds is 9. The number of aromatic nitrogens is 2. The highest BCUT2D eigenvalue weighted by atomic mass is 35.5. The molecule has 3 heterocycles. The molecule has 1 aromatic heterocycles. The maximum absolute atomic E-state index is 14.8. The molecule has 7 nitrogen and oxygen atoms in total. The van der Waals surface area contributed by atoms with Crippen LogP contribution in [0.2, 0.25) is 5.02 Å². The standard InChI is InChI=1S/C35H35ClFN3O4/c1-3-42-33(41)15-13-27-21-38-32(40(27)22-24-8-5-4-6-9-24)23-39-18-16-25(17-19-39)28-10-7-11-31-34(28)44-35(2,43-31)29-14-12-26(36)20-30(29)37/h4-15,20-21,25H,3,16-19,22-23H2,1-2H3/b15-13+. The summed E-state index contributed by atoms with van der Waals surface area (Å²) in [5.74, 6) is 0.399. The van der Waals surface area contributed by atoms with Gasteiger partial charge in [-0.05, 0) is 74.7 Å². The normalized spacial score (nSPS) is 18.6. The van der Waals surface area contributed by atoms with E-state index in [1.54, 1.807) is 32.1 Å². The van der Waals surface area contributed by atoms with E-state index in [2.05, 4.69) is 27.7 Å². The van der Waals surface area contributed by atoms with Gasteiger partial charge in [0, 0.05) is 30.1 Å². The predicted octanol–water partition coefficient (Wildman–Crippen LogP) is 7.32. The molecule has 1 saturated heterocycles. The number of likely N-dealkylation sites (tertiary alicyclic amines) is 1. The molecule has 4 aromatic rings. The van der Waals surface area contributed by atoms with Crippen LogP contribution >= 0.6 is 11.6 Å². The van der Waals surface area contributed by atoms with Crippen LogP contribution in [0.5, 0.6) is 11.5 Å². The van der Waals surface area contributed by atoms with Crippen LogP contribution in [0, 0.1) is 5.82 Å². The van der Waals surface area contributed by atoms with E-state index in [0.717, 1.165) is 48.6 Å². The van der Waals surface area contributed by atoms with Gasteiger partial charge in [0.05, 0.1) is 30.6 Å². The third kappa shape index (κ3) is 6.37. The topological polar surface area (TPSA) is 65.8 Å². The minimum absolute atomic E-state index is 0.273. The fraction of sp³-hybridized carbons (Fsp3) is 0.314. The van der Waals surface area contributed by atoms with Gasteiger partial charge < -0.3 is 18.8 Å². The summed E-state index contributed by atoms with van der Waals surface area (Å²) in [6.45, 7) is 6.95. The third-order valence-electron chi connectivity index (χ3n) is 8.25. The molecule has 9 heteroatoms. The zero-order valence-electron chi connectivity index (χ0n) is 24.8. The van der Waals surface area contributed by atoms with Gasteiger partial charge in [-0.25, -0.2) is 14.2 Å². The first-order valence-electron chi connectivity index (χ1n) is 14.9. The van der Waals surface area contributed by atoms with E-state index in [0.29, 0.717) is 41.8 Å². The Kier molecular flexibility index (Phi) is 8.73. The summed E-state index contributed by atoms with van der Waals surface area (Å²) in [5.41, 5.74) is 3.39. The van der Waals surface area contributed by atoms with Gasteiger partial charge in [-0.15, -0.1) is 0 Å². The number of carbonyl (C=O) groups is 1. The number of esters is 1. The molecule has 2 aliphatic rings. The molecule has 2 aliphatic heterocycles. The van der Waals surface area contributed by atoms with Crippen molar-refractivity contribution >= 4 is 23.6 Å². The Morgan fingerprint density at radius 3 is 2.64 bits per heavy atom. The molecule has 0 amide bonds. The molecule has 0 saturated carbocycles. The Hall–Kier alpha value is -4.14. The van der Waals surface area contributed by atoms with Crippen LogP contribution in [0.25, 0.3) is 6.08 Å². The van der Waals surface area contributed by atoms with E-state index in [9.17, 15) is 9.18 Å². The second-order valence-corrected chi connectivity index (χ2v) is 11.7. The van der Waals surface area contributed by atoms with Crippen molar-refractivity contribution in [3.63, 3.8) is 0 Å². The van der Waals surface area contributed by atoms with Crippen molar-refractivity contribution in [2.24, 2.45) is 0 Å². The van der Waals surface area contributed by atoms with Gasteiger partial charge in [0.1, 0.15) is 11.6 Å². The highest BCUT2D eigenvalue weighted by molar-refractivity contribution is 6.30. The van der Waals surface area contributed by atoms with Crippen molar-refractivity contribution in [2.45, 2.75) is 51.5 Å². The van der Waals surface area contributed by atoms with Crippen molar-refractivity contribution < 1.29 is 23.4 Å². The zero-order valence-corrected chi connectivity index (χ0v) is 25.6. The summed E-state index contributed by atoms with van der Waals surface area (Å²) in [4.78, 5) is 19.1. The van der Waals surface area contributed by atoms with Crippen LogP contribution in [0.4, 0.5) is 4.39 Å². The van der Waals surface area contributed by atoms with Gasteiger partial charge in [0.2, 0.25) is 0 Å². The second-order valence-electron chi connectivity index (χ2n) is 11.3. The van der Waals surface area contributed by atoms with E-state index in [1.165, 1.54) is 12.1 Å². The fourth-order valence-corrected chi connectivity index (χ4v) is 6.18. The lowest BCUT2D eigenvalue weighted by molar-refractivity contribution is -0.137. The SMILES string of the molecule is CCOC(=O)/C=C/c1cnc(CN2CCC(c3cccc4c3OC(C)(c3ccc(Cl)cc3F)O4)CC2)n1Cc1ccccc1. The molecule has 1 unspecified atom stereocenters. The van der Waals surface area contributed by atoms with Gasteiger partial charge in [-0.3, -0.25) is 4.90 Å². The lowest BCUT2D eigenvalue weighted by atomic mass is 9.88. The molecule has 0 spiro atoms. The van der Waals surface area contributed by atoms with Gasteiger partial charge in [-0.1, -0.05) is 54.1 Å². The average Bonchev–Trinajstić information content (AvgIpc) is 3.56. The maximum atomic E-state index is 14.8. The number of carbonyl (C=O) groups excluding carboxylic acids is 1. The quantitative estimate of drug-likeness (QED) is 0.145. The number of para-hydroxylation sites is 1. The second kappa shape index (κ2) is 12.8. The number of hydrogen-bond acceptors (Lipinski definition) is 6. The van der Waals surface area contributed by atoms with Crippen molar-refractivity contribution in [3.8, 4) is 11.5 Å². The summed E-state index contributed by atoms with van der Waals surface area (Å²) in [7, 11) is 0. The number of nitrogens with zero attached hydrogens (tertiary/aromatic N) is 3. The molecular weight excluding hydrogens is 581 g/mol. The number of hydrogen-bond donors (Lipinski definition) is 0. The van der Waals surface area contributed by atoms with Crippen molar-refractivity contribution in [1.29, 1.82) is 0 Å². The maximum Gasteiger partial charge on any atom is 0.330 e. The van der Waals surface area contributed by atoms with E-state index >= 15 is 0 Å². The number of fused-ring (bicyclic) bond motifs is 1. The lowest BCUT2D eigenvalue weighted by Gasteiger charge is -2.32. The Balaban J connectivity index is 1.15. The third-order valence-corrected chi connectivity index (χ3v) is 8.49. The molecule has 0 bridgehead atoms. The van der Waals surface area contributed by atoms with Crippen molar-refractivity contribution in [2.75, 3.05) is 19.7 Å². The van der Waals surface area contributed by atoms with Crippen LogP contribution in [-0.4, -0.2) is 40.1 Å². The Morgan fingerprint density at radius 2 is 1.89 bits per heavy atom. The van der Waals surface area contributed by atoms with Crippen LogP contribution < -0.4 is 9.47 Å². The Morgan fingerprint density at radius 1 is 1.09 bits per heavy atom. The summed E-state index contributed by atoms with van der Waals surface area (Å²) in [5, 5.41) is 0.324. The van der Waals surface area contributed by atoms with Crippen molar-refractivity contribution in [1.82, 2.24) is 14.5 Å². The van der Waals surface area contributed by atoms with E-state index in [1.807, 2.05) is 36.5 Å². The number of benzene rings is 3. The molecule has 6 rings (SSSR count). The summed E-state index contributed by atoms with van der Waals surface area (Å²) in [6.07, 6.45) is 6.90. The number of halogens is 2. The molecule has 3 aromatic carbocycles. The first-order chi connectivity index (χ1) is 21.3. The average molecular weight is 616 g/mol. The minimum Gasteiger partial charge on any atom is -0.463 e. The van der Waals surface area contributed by atoms with E-state index in [-0.39, 0.29) is 11.9 Å². The Bertz CT molecular complexity index is 1670. The summed E-state index contributed by atoms with van der Waals surface area (Å²) in [6, 6.07) is 20.7. The zero-order chi connectivity index (χ0) is 30.7. The molecule has 0 aliphatic carbocycles. The van der Waals surface area contributed by atoms with Crippen LogP contribution in [0.1, 0.15) is 60.8 Å². The fourth-order valence-electron chi connectivity index (χ4n) is 6.02. The van der Waals surface area contributed by atoms with Gasteiger partial charge >= 0.3 is 5.97 Å². The van der Waals surface area contributed by atoms with E-state index < -0.39 is 11.6 Å². The molecular formula is C35H35ClFN3O4. The van der Waals surface area contributed by atoms with Crippen LogP contribution in [0.3, 0.4) is 0 Å². The highest BCUT2D eigenvalue weighted by Gasteiger charge is 2.43. The molecule has 0 N–H and O–H groups in total. The van der Waals surface area contributed by atoms with Gasteiger partial charge in [-0.2, -0.15) is 0 Å². The van der Waals surface area contributed by atoms with Crippen LogP contribution in [0.15, 0.2) is 79.0 Å². The molecule has 1 fully saturated rings. The predicted molar refractivity (Wildman–Crippen MR) is 167 cm³/mol. The molecule has 44 heavy (non-hydrogen) atoms. The Labute approximate surface area is 261 Å². The summed E-state index contributed by atoms with van der Waals surface area (Å²) >= 11 is 5.98. The first kappa shape index (κ1) is 29.9. The smallest absolute Gasteiger partial charge is 0.330 e. The number of ether oxygens (including phenoxy) is 3. The van der Waals surface area contributed by atoms with Crippen LogP contribution in [-0.2, 0) is 28.4 Å². The molecule has 228 valence electrons. The van der Waals surface area contributed by atoms with Gasteiger partial charge in [0.15, 0.2) is 11.5 Å². The summed E-state index contributed by atoms with van der Waals surface area (Å²) < 4.78 is 34.6. The largest absolute Gasteiger partial charge is 0.463 e. The monoisotopic (exact) mass is 615 g/mol. The first-order valence-corrected chi connectivity index (χ1v) is 15.3. The number of imidazole rings is 1. The molecule has 1 atom stereocenters. The molecule has 0 radical (unpaired) electrons. The highest BCUT2D eigenvalue weighted by Crippen LogP contribution is 2.49.